The van der Waals surface area contributed by atoms with Crippen LogP contribution in [0.1, 0.15) is 12.8 Å². The van der Waals surface area contributed by atoms with Crippen LogP contribution in [-0.4, -0.2) is 18.1 Å². The molecule has 88 valence electrons. The lowest BCUT2D eigenvalue weighted by Gasteiger charge is -2.18. The minimum Gasteiger partial charge on any atom is -0.369 e. The van der Waals surface area contributed by atoms with Crippen LogP contribution in [-0.2, 0) is 0 Å². The van der Waals surface area contributed by atoms with Crippen molar-refractivity contribution in [3.05, 3.63) is 40.4 Å². The van der Waals surface area contributed by atoms with E-state index in [-0.39, 0.29) is 11.4 Å². The fraction of sp³-hybridized carbons (Fsp3) is 0.308. The van der Waals surface area contributed by atoms with E-state index in [2.05, 4.69) is 4.98 Å². The van der Waals surface area contributed by atoms with Gasteiger partial charge in [0.2, 0.25) is 5.56 Å². The number of halogens is 1. The predicted molar refractivity (Wildman–Crippen MR) is 66.0 cm³/mol. The molecule has 0 unspecified atom stereocenters. The Morgan fingerprint density at radius 3 is 2.71 bits per heavy atom. The van der Waals surface area contributed by atoms with Crippen molar-refractivity contribution in [1.29, 1.82) is 0 Å². The quantitative estimate of drug-likeness (QED) is 0.818. The van der Waals surface area contributed by atoms with Gasteiger partial charge in [0, 0.05) is 24.5 Å². The summed E-state index contributed by atoms with van der Waals surface area (Å²) in [6.07, 6.45) is 2.20. The Kier molecular flexibility index (Phi) is 2.35. The molecule has 0 atom stereocenters. The SMILES string of the molecule is O=c1ccc2cc(F)c(N3CCCC3)cc2[nH]1. The lowest BCUT2D eigenvalue weighted by atomic mass is 10.2. The first-order chi connectivity index (χ1) is 8.24. The summed E-state index contributed by atoms with van der Waals surface area (Å²) in [7, 11) is 0. The van der Waals surface area contributed by atoms with E-state index >= 15 is 0 Å². The molecule has 1 saturated heterocycles. The van der Waals surface area contributed by atoms with Crippen molar-refractivity contribution >= 4 is 16.6 Å². The fourth-order valence-electron chi connectivity index (χ4n) is 2.36. The highest BCUT2D eigenvalue weighted by Gasteiger charge is 2.16. The van der Waals surface area contributed by atoms with Gasteiger partial charge in [-0.3, -0.25) is 4.79 Å². The van der Waals surface area contributed by atoms with E-state index in [0.717, 1.165) is 31.3 Å². The molecule has 1 aromatic heterocycles. The lowest BCUT2D eigenvalue weighted by molar-refractivity contribution is 0.625. The average molecular weight is 232 g/mol. The second-order valence-electron chi connectivity index (χ2n) is 4.41. The second-order valence-corrected chi connectivity index (χ2v) is 4.41. The van der Waals surface area contributed by atoms with Crippen LogP contribution >= 0.6 is 0 Å². The molecular weight excluding hydrogens is 219 g/mol. The molecule has 1 aromatic carbocycles. The van der Waals surface area contributed by atoms with E-state index in [1.54, 1.807) is 12.1 Å². The topological polar surface area (TPSA) is 36.1 Å². The van der Waals surface area contributed by atoms with Gasteiger partial charge in [0.1, 0.15) is 5.82 Å². The molecule has 0 radical (unpaired) electrons. The Morgan fingerprint density at radius 2 is 1.94 bits per heavy atom. The number of hydrogen-bond acceptors (Lipinski definition) is 2. The summed E-state index contributed by atoms with van der Waals surface area (Å²) in [5.41, 5.74) is 1.13. The van der Waals surface area contributed by atoms with Gasteiger partial charge in [-0.05, 0) is 31.0 Å². The highest BCUT2D eigenvalue weighted by atomic mass is 19.1. The number of hydrogen-bond donors (Lipinski definition) is 1. The maximum atomic E-state index is 13.9. The summed E-state index contributed by atoms with van der Waals surface area (Å²) in [5, 5.41) is 0.727. The zero-order chi connectivity index (χ0) is 11.8. The second kappa shape index (κ2) is 3.87. The largest absolute Gasteiger partial charge is 0.369 e. The minimum absolute atomic E-state index is 0.156. The van der Waals surface area contributed by atoms with Crippen molar-refractivity contribution in [2.45, 2.75) is 12.8 Å². The van der Waals surface area contributed by atoms with Crippen molar-refractivity contribution in [1.82, 2.24) is 4.98 Å². The molecule has 0 amide bonds. The molecule has 2 aromatic rings. The highest BCUT2D eigenvalue weighted by Crippen LogP contribution is 2.27. The summed E-state index contributed by atoms with van der Waals surface area (Å²) in [6, 6.07) is 6.28. The molecule has 1 fully saturated rings. The van der Waals surface area contributed by atoms with Crippen LogP contribution in [0.2, 0.25) is 0 Å². The van der Waals surface area contributed by atoms with Crippen molar-refractivity contribution in [3.8, 4) is 0 Å². The zero-order valence-corrected chi connectivity index (χ0v) is 9.37. The molecule has 3 nitrogen and oxygen atoms in total. The van der Waals surface area contributed by atoms with Gasteiger partial charge in [-0.15, -0.1) is 0 Å². The molecule has 0 saturated carbocycles. The third-order valence-electron chi connectivity index (χ3n) is 3.24. The molecule has 0 aliphatic carbocycles. The van der Waals surface area contributed by atoms with Crippen LogP contribution < -0.4 is 10.5 Å². The Bertz CT molecular complexity index is 614. The van der Waals surface area contributed by atoms with Crippen LogP contribution in [0.3, 0.4) is 0 Å². The minimum atomic E-state index is -0.216. The van der Waals surface area contributed by atoms with Gasteiger partial charge in [0.25, 0.3) is 0 Å². The smallest absolute Gasteiger partial charge is 0.248 e. The number of anilines is 1. The summed E-state index contributed by atoms with van der Waals surface area (Å²) < 4.78 is 13.9. The number of H-pyrrole nitrogens is 1. The van der Waals surface area contributed by atoms with Crippen molar-refractivity contribution < 1.29 is 4.39 Å². The summed E-state index contributed by atoms with van der Waals surface area (Å²) in [6.45, 7) is 1.78. The van der Waals surface area contributed by atoms with Gasteiger partial charge in [-0.25, -0.2) is 4.39 Å². The Hall–Kier alpha value is -1.84. The molecule has 2 heterocycles. The first kappa shape index (κ1) is 10.3. The van der Waals surface area contributed by atoms with Crippen molar-refractivity contribution in [2.24, 2.45) is 0 Å². The Morgan fingerprint density at radius 1 is 1.18 bits per heavy atom. The normalized spacial score (nSPS) is 15.7. The maximum Gasteiger partial charge on any atom is 0.248 e. The number of pyridine rings is 1. The summed E-state index contributed by atoms with van der Waals surface area (Å²) in [4.78, 5) is 16.0. The Labute approximate surface area is 97.9 Å². The van der Waals surface area contributed by atoms with E-state index in [4.69, 9.17) is 0 Å². The van der Waals surface area contributed by atoms with Crippen LogP contribution in [0.4, 0.5) is 10.1 Å². The number of nitrogens with zero attached hydrogens (tertiary/aromatic N) is 1. The first-order valence-electron chi connectivity index (χ1n) is 5.81. The highest BCUT2D eigenvalue weighted by molar-refractivity contribution is 5.82. The van der Waals surface area contributed by atoms with E-state index in [1.165, 1.54) is 12.1 Å². The van der Waals surface area contributed by atoms with Gasteiger partial charge in [0.05, 0.1) is 11.2 Å². The van der Waals surface area contributed by atoms with E-state index in [0.29, 0.717) is 11.2 Å². The number of nitrogens with one attached hydrogen (secondary N) is 1. The lowest BCUT2D eigenvalue weighted by Crippen LogP contribution is -2.19. The molecule has 0 bridgehead atoms. The van der Waals surface area contributed by atoms with Gasteiger partial charge in [-0.2, -0.15) is 0 Å². The van der Waals surface area contributed by atoms with Crippen molar-refractivity contribution in [3.63, 3.8) is 0 Å². The molecule has 4 heteroatoms. The molecule has 3 rings (SSSR count). The molecule has 17 heavy (non-hydrogen) atoms. The number of benzene rings is 1. The van der Waals surface area contributed by atoms with Gasteiger partial charge in [-0.1, -0.05) is 0 Å². The van der Waals surface area contributed by atoms with Crippen molar-refractivity contribution in [2.75, 3.05) is 18.0 Å². The number of aromatic amines is 1. The third-order valence-corrected chi connectivity index (χ3v) is 3.24. The van der Waals surface area contributed by atoms with E-state index in [1.807, 2.05) is 4.90 Å². The average Bonchev–Trinajstić information content (AvgIpc) is 2.82. The fourth-order valence-corrected chi connectivity index (χ4v) is 2.36. The van der Waals surface area contributed by atoms with Gasteiger partial charge in [0.15, 0.2) is 0 Å². The van der Waals surface area contributed by atoms with Crippen LogP contribution in [0.5, 0.6) is 0 Å². The van der Waals surface area contributed by atoms with E-state index < -0.39 is 0 Å². The molecule has 1 N–H and O–H groups in total. The van der Waals surface area contributed by atoms with E-state index in [9.17, 15) is 9.18 Å². The van der Waals surface area contributed by atoms with Gasteiger partial charge >= 0.3 is 0 Å². The predicted octanol–water partition coefficient (Wildman–Crippen LogP) is 2.27. The number of aromatic nitrogens is 1. The molecule has 0 spiro atoms. The van der Waals surface area contributed by atoms with Crippen LogP contribution in [0, 0.1) is 5.82 Å². The number of fused-ring (bicyclic) bond motifs is 1. The first-order valence-corrected chi connectivity index (χ1v) is 5.81. The summed E-state index contributed by atoms with van der Waals surface area (Å²) >= 11 is 0. The third kappa shape index (κ3) is 1.79. The van der Waals surface area contributed by atoms with Crippen LogP contribution in [0.15, 0.2) is 29.1 Å². The standard InChI is InChI=1S/C13H13FN2O/c14-10-7-9-3-4-13(17)15-11(9)8-12(10)16-5-1-2-6-16/h3-4,7-8H,1-2,5-6H2,(H,15,17). The zero-order valence-electron chi connectivity index (χ0n) is 9.37. The molecular formula is C13H13FN2O. The molecule has 1 aliphatic heterocycles. The summed E-state index contributed by atoms with van der Waals surface area (Å²) in [5.74, 6) is -0.216. The van der Waals surface area contributed by atoms with Gasteiger partial charge < -0.3 is 9.88 Å². The number of rotatable bonds is 1. The monoisotopic (exact) mass is 232 g/mol. The maximum absolute atomic E-state index is 13.9. The van der Waals surface area contributed by atoms with Crippen LogP contribution in [0.25, 0.3) is 10.9 Å². The Balaban J connectivity index is 2.17. The molecule has 1 aliphatic rings.